The number of rotatable bonds is 4. The Bertz CT molecular complexity index is 618. The number of hydrogen-bond donors (Lipinski definition) is 3. The summed E-state index contributed by atoms with van der Waals surface area (Å²) in [5, 5.41) is 10.9. The van der Waals surface area contributed by atoms with Gasteiger partial charge in [0.15, 0.2) is 0 Å². The monoisotopic (exact) mass is 313 g/mol. The number of anilines is 1. The third-order valence-corrected chi connectivity index (χ3v) is 3.90. The highest BCUT2D eigenvalue weighted by atomic mass is 32.2. The summed E-state index contributed by atoms with van der Waals surface area (Å²) < 4.78 is 27.6. The van der Waals surface area contributed by atoms with Gasteiger partial charge >= 0.3 is 0 Å². The highest BCUT2D eigenvalue weighted by molar-refractivity contribution is 7.88. The average molecular weight is 313 g/mol. The number of benzene rings is 1. The lowest BCUT2D eigenvalue weighted by Crippen LogP contribution is -2.53. The third kappa shape index (κ3) is 4.78. The van der Waals surface area contributed by atoms with Gasteiger partial charge in [-0.15, -0.1) is 0 Å². The fraction of sp³-hybridized carbons (Fsp3) is 0.462. The van der Waals surface area contributed by atoms with Gasteiger partial charge in [0, 0.05) is 12.2 Å². The number of morpholine rings is 1. The predicted octanol–water partition coefficient (Wildman–Crippen LogP) is -0.209. The zero-order valence-corrected chi connectivity index (χ0v) is 12.5. The molecule has 7 nitrogen and oxygen atoms in total. The number of nitrogens with one attached hydrogen (secondary N) is 2. The quantitative estimate of drug-likeness (QED) is 0.712. The molecule has 0 bridgehead atoms. The molecule has 1 aliphatic rings. The van der Waals surface area contributed by atoms with Crippen LogP contribution in [-0.2, 0) is 25.3 Å². The minimum atomic E-state index is -3.60. The number of carbonyl (C=O) groups excluding carboxylic acids is 1. The summed E-state index contributed by atoms with van der Waals surface area (Å²) in [7, 11) is -3.60. The van der Waals surface area contributed by atoms with E-state index >= 15 is 0 Å². The molecule has 1 fully saturated rings. The standard InChI is InChI=1S/C13H19N3O4S/c1-9-12(15-5-6-20-9)13(17)16-11-4-2-3-10(7-11)8-21(14,18)19/h2-4,7,9,12,15H,5-6,8H2,1H3,(H,16,17)(H2,14,18,19)/t9-,12+/m1/s1. The average Bonchev–Trinajstić information content (AvgIpc) is 2.37. The molecule has 0 spiro atoms. The first kappa shape index (κ1) is 15.9. The Kier molecular flexibility index (Phi) is 4.94. The molecule has 0 aliphatic carbocycles. The highest BCUT2D eigenvalue weighted by Crippen LogP contribution is 2.14. The molecule has 1 saturated heterocycles. The van der Waals surface area contributed by atoms with Crippen molar-refractivity contribution in [2.24, 2.45) is 5.14 Å². The van der Waals surface area contributed by atoms with Gasteiger partial charge in [-0.25, -0.2) is 13.6 Å². The molecule has 1 aromatic rings. The maximum absolute atomic E-state index is 12.2. The van der Waals surface area contributed by atoms with E-state index in [2.05, 4.69) is 10.6 Å². The van der Waals surface area contributed by atoms with E-state index in [4.69, 9.17) is 9.88 Å². The maximum atomic E-state index is 12.2. The summed E-state index contributed by atoms with van der Waals surface area (Å²) in [6.07, 6.45) is -0.216. The number of nitrogens with two attached hydrogens (primary N) is 1. The molecule has 2 rings (SSSR count). The van der Waals surface area contributed by atoms with Gasteiger partial charge in [0.2, 0.25) is 15.9 Å². The van der Waals surface area contributed by atoms with Crippen LogP contribution in [0.25, 0.3) is 0 Å². The van der Waals surface area contributed by atoms with Crippen molar-refractivity contribution in [1.29, 1.82) is 0 Å². The van der Waals surface area contributed by atoms with Crippen molar-refractivity contribution in [1.82, 2.24) is 5.32 Å². The largest absolute Gasteiger partial charge is 0.375 e. The van der Waals surface area contributed by atoms with Crippen LogP contribution in [0.4, 0.5) is 5.69 Å². The molecule has 2 atom stereocenters. The Labute approximate surface area is 123 Å². The van der Waals surface area contributed by atoms with Crippen molar-refractivity contribution < 1.29 is 17.9 Å². The molecule has 4 N–H and O–H groups in total. The maximum Gasteiger partial charge on any atom is 0.244 e. The number of sulfonamides is 1. The van der Waals surface area contributed by atoms with Gasteiger partial charge in [-0.05, 0) is 24.6 Å². The molecule has 116 valence electrons. The molecule has 0 aromatic heterocycles. The van der Waals surface area contributed by atoms with Gasteiger partial charge in [0.1, 0.15) is 6.04 Å². The van der Waals surface area contributed by atoms with Gasteiger partial charge in [0.05, 0.1) is 18.5 Å². The second kappa shape index (κ2) is 6.52. The number of amides is 1. The molecule has 8 heteroatoms. The lowest BCUT2D eigenvalue weighted by Gasteiger charge is -2.29. The van der Waals surface area contributed by atoms with E-state index in [1.807, 2.05) is 6.92 Å². The lowest BCUT2D eigenvalue weighted by atomic mass is 10.1. The normalized spacial score (nSPS) is 22.8. The van der Waals surface area contributed by atoms with E-state index in [-0.39, 0.29) is 17.8 Å². The highest BCUT2D eigenvalue weighted by Gasteiger charge is 2.28. The van der Waals surface area contributed by atoms with E-state index in [1.54, 1.807) is 24.3 Å². The van der Waals surface area contributed by atoms with Crippen LogP contribution in [-0.4, -0.2) is 39.6 Å². The third-order valence-electron chi connectivity index (χ3n) is 3.16. The second-order valence-electron chi connectivity index (χ2n) is 5.00. The van der Waals surface area contributed by atoms with Crippen LogP contribution in [0, 0.1) is 0 Å². The number of hydrogen-bond acceptors (Lipinski definition) is 5. The molecule has 0 unspecified atom stereocenters. The summed E-state index contributed by atoms with van der Waals surface area (Å²) >= 11 is 0. The fourth-order valence-corrected chi connectivity index (χ4v) is 2.86. The van der Waals surface area contributed by atoms with Crippen LogP contribution in [0.3, 0.4) is 0 Å². The first-order valence-electron chi connectivity index (χ1n) is 6.60. The number of ether oxygens (including phenoxy) is 1. The molecule has 0 saturated carbocycles. The summed E-state index contributed by atoms with van der Waals surface area (Å²) in [4.78, 5) is 12.2. The molecule has 1 aliphatic heterocycles. The van der Waals surface area contributed by atoms with Crippen LogP contribution in [0.2, 0.25) is 0 Å². The molecule has 1 aromatic carbocycles. The Balaban J connectivity index is 2.05. The first-order valence-corrected chi connectivity index (χ1v) is 8.32. The summed E-state index contributed by atoms with van der Waals surface area (Å²) in [6, 6.07) is 6.17. The van der Waals surface area contributed by atoms with Crippen LogP contribution >= 0.6 is 0 Å². The van der Waals surface area contributed by atoms with Gasteiger partial charge in [0.25, 0.3) is 0 Å². The second-order valence-corrected chi connectivity index (χ2v) is 6.62. The summed E-state index contributed by atoms with van der Waals surface area (Å²) in [6.45, 7) is 3.02. The molecular weight excluding hydrogens is 294 g/mol. The summed E-state index contributed by atoms with van der Waals surface area (Å²) in [5.41, 5.74) is 1.05. The SMILES string of the molecule is C[C@H]1OCCN[C@@H]1C(=O)Nc1cccc(CS(N)(=O)=O)c1. The summed E-state index contributed by atoms with van der Waals surface area (Å²) in [5.74, 6) is -0.479. The molecule has 1 amide bonds. The van der Waals surface area contributed by atoms with Crippen LogP contribution in [0.15, 0.2) is 24.3 Å². The zero-order valence-electron chi connectivity index (χ0n) is 11.7. The molecule has 21 heavy (non-hydrogen) atoms. The van der Waals surface area contributed by atoms with Crippen molar-refractivity contribution in [3.05, 3.63) is 29.8 Å². The number of primary sulfonamides is 1. The molecule has 0 radical (unpaired) electrons. The van der Waals surface area contributed by atoms with Crippen LogP contribution in [0.1, 0.15) is 12.5 Å². The first-order chi connectivity index (χ1) is 9.85. The van der Waals surface area contributed by atoms with Crippen molar-refractivity contribution in [2.75, 3.05) is 18.5 Å². The van der Waals surface area contributed by atoms with Crippen LogP contribution in [0.5, 0.6) is 0 Å². The predicted molar refractivity (Wildman–Crippen MR) is 79.1 cm³/mol. The Morgan fingerprint density at radius 3 is 2.95 bits per heavy atom. The van der Waals surface area contributed by atoms with Crippen molar-refractivity contribution in [3.8, 4) is 0 Å². The van der Waals surface area contributed by atoms with Crippen LogP contribution < -0.4 is 15.8 Å². The van der Waals surface area contributed by atoms with Crippen molar-refractivity contribution in [2.45, 2.75) is 24.8 Å². The van der Waals surface area contributed by atoms with E-state index in [9.17, 15) is 13.2 Å². The van der Waals surface area contributed by atoms with E-state index in [0.717, 1.165) is 0 Å². The van der Waals surface area contributed by atoms with Crippen molar-refractivity contribution in [3.63, 3.8) is 0 Å². The minimum Gasteiger partial charge on any atom is -0.375 e. The Hall–Kier alpha value is -1.48. The zero-order chi connectivity index (χ0) is 15.5. The molecule has 1 heterocycles. The van der Waals surface area contributed by atoms with E-state index in [0.29, 0.717) is 24.4 Å². The van der Waals surface area contributed by atoms with Gasteiger partial charge < -0.3 is 15.4 Å². The fourth-order valence-electron chi connectivity index (χ4n) is 2.22. The number of carbonyl (C=O) groups is 1. The smallest absolute Gasteiger partial charge is 0.244 e. The van der Waals surface area contributed by atoms with Gasteiger partial charge in [-0.1, -0.05) is 12.1 Å². The molecular formula is C13H19N3O4S. The van der Waals surface area contributed by atoms with Crippen molar-refractivity contribution >= 4 is 21.6 Å². The van der Waals surface area contributed by atoms with Gasteiger partial charge in [-0.3, -0.25) is 4.79 Å². The topological polar surface area (TPSA) is 111 Å². The Morgan fingerprint density at radius 1 is 1.52 bits per heavy atom. The van der Waals surface area contributed by atoms with E-state index in [1.165, 1.54) is 0 Å². The van der Waals surface area contributed by atoms with Gasteiger partial charge in [-0.2, -0.15) is 0 Å². The Morgan fingerprint density at radius 2 is 2.29 bits per heavy atom. The van der Waals surface area contributed by atoms with E-state index < -0.39 is 16.1 Å². The lowest BCUT2D eigenvalue weighted by molar-refractivity contribution is -0.123. The minimum absolute atomic E-state index is 0.213.